The van der Waals surface area contributed by atoms with Crippen LogP contribution in [0.2, 0.25) is 0 Å². The van der Waals surface area contributed by atoms with Gasteiger partial charge >= 0.3 is 0 Å². The number of piperidine rings is 1. The molecule has 1 heterocycles. The Morgan fingerprint density at radius 2 is 2.40 bits per heavy atom. The van der Waals surface area contributed by atoms with E-state index in [4.69, 9.17) is 0 Å². The quantitative estimate of drug-likeness (QED) is 0.712. The number of amides is 1. The Hall–Kier alpha value is -0.830. The lowest BCUT2D eigenvalue weighted by Crippen LogP contribution is -2.43. The third-order valence-corrected chi connectivity index (χ3v) is 2.93. The third kappa shape index (κ3) is 3.67. The van der Waals surface area contributed by atoms with E-state index in [2.05, 4.69) is 25.7 Å². The summed E-state index contributed by atoms with van der Waals surface area (Å²) in [5.74, 6) is 0.653. The minimum Gasteiger partial charge on any atom is -0.336 e. The molecule has 1 N–H and O–H groups in total. The molecule has 1 aliphatic rings. The van der Waals surface area contributed by atoms with Gasteiger partial charge in [-0.1, -0.05) is 6.58 Å². The van der Waals surface area contributed by atoms with E-state index in [0.717, 1.165) is 19.6 Å². The Morgan fingerprint density at radius 1 is 1.67 bits per heavy atom. The van der Waals surface area contributed by atoms with Crippen molar-refractivity contribution in [1.29, 1.82) is 0 Å². The van der Waals surface area contributed by atoms with Gasteiger partial charge in [-0.25, -0.2) is 0 Å². The molecule has 0 aromatic heterocycles. The van der Waals surface area contributed by atoms with Crippen LogP contribution < -0.4 is 5.32 Å². The molecule has 1 atom stereocenters. The van der Waals surface area contributed by atoms with E-state index in [9.17, 15) is 4.79 Å². The summed E-state index contributed by atoms with van der Waals surface area (Å²) >= 11 is 0. The van der Waals surface area contributed by atoms with Gasteiger partial charge in [0.25, 0.3) is 0 Å². The van der Waals surface area contributed by atoms with Gasteiger partial charge in [-0.15, -0.1) is 0 Å². The highest BCUT2D eigenvalue weighted by Crippen LogP contribution is 2.13. The van der Waals surface area contributed by atoms with Crippen LogP contribution >= 0.6 is 0 Å². The van der Waals surface area contributed by atoms with E-state index in [-0.39, 0.29) is 11.9 Å². The summed E-state index contributed by atoms with van der Waals surface area (Å²) in [6, 6.07) is 0.262. The first-order chi connectivity index (χ1) is 7.15. The molecule has 1 saturated heterocycles. The van der Waals surface area contributed by atoms with Gasteiger partial charge in [-0.3, -0.25) is 4.79 Å². The predicted molar refractivity (Wildman–Crippen MR) is 62.6 cm³/mol. The molecule has 15 heavy (non-hydrogen) atoms. The van der Waals surface area contributed by atoms with Gasteiger partial charge in [0.2, 0.25) is 5.91 Å². The lowest BCUT2D eigenvalue weighted by Gasteiger charge is -2.32. The number of hydrogen-bond donors (Lipinski definition) is 1. The van der Waals surface area contributed by atoms with Crippen molar-refractivity contribution < 1.29 is 4.79 Å². The summed E-state index contributed by atoms with van der Waals surface area (Å²) in [5.41, 5.74) is 0. The molecule has 0 aromatic carbocycles. The van der Waals surface area contributed by atoms with E-state index in [1.54, 1.807) is 0 Å². The van der Waals surface area contributed by atoms with Crippen molar-refractivity contribution in [3.05, 3.63) is 12.7 Å². The molecule has 0 aliphatic carbocycles. The SMILES string of the molecule is C=CC(=O)N(CC1CCCNC1)C(C)C. The summed E-state index contributed by atoms with van der Waals surface area (Å²) in [4.78, 5) is 13.5. The van der Waals surface area contributed by atoms with E-state index in [0.29, 0.717) is 5.92 Å². The van der Waals surface area contributed by atoms with Crippen LogP contribution in [0.3, 0.4) is 0 Å². The van der Waals surface area contributed by atoms with Crippen LogP contribution in [0.4, 0.5) is 0 Å². The van der Waals surface area contributed by atoms with E-state index >= 15 is 0 Å². The monoisotopic (exact) mass is 210 g/mol. The first-order valence-corrected chi connectivity index (χ1v) is 5.79. The molecule has 1 amide bonds. The highest BCUT2D eigenvalue weighted by molar-refractivity contribution is 5.87. The molecule has 0 bridgehead atoms. The van der Waals surface area contributed by atoms with Gasteiger partial charge in [0, 0.05) is 12.6 Å². The van der Waals surface area contributed by atoms with Crippen molar-refractivity contribution in [2.75, 3.05) is 19.6 Å². The second-order valence-electron chi connectivity index (χ2n) is 4.50. The maximum atomic E-state index is 11.6. The summed E-state index contributed by atoms with van der Waals surface area (Å²) in [6.07, 6.45) is 3.86. The first kappa shape index (κ1) is 12.2. The third-order valence-electron chi connectivity index (χ3n) is 2.93. The summed E-state index contributed by atoms with van der Waals surface area (Å²) in [7, 11) is 0. The number of rotatable bonds is 4. The normalized spacial score (nSPS) is 21.4. The predicted octanol–water partition coefficient (Wildman–Crippen LogP) is 1.41. The van der Waals surface area contributed by atoms with Crippen LogP contribution in [0, 0.1) is 5.92 Å². The lowest BCUT2D eigenvalue weighted by atomic mass is 9.98. The Kier molecular flexibility index (Phi) is 4.82. The van der Waals surface area contributed by atoms with Crippen LogP contribution in [-0.4, -0.2) is 36.5 Å². The fourth-order valence-corrected chi connectivity index (χ4v) is 2.03. The van der Waals surface area contributed by atoms with Gasteiger partial charge in [0.15, 0.2) is 0 Å². The number of carbonyl (C=O) groups is 1. The zero-order valence-electron chi connectivity index (χ0n) is 9.83. The maximum absolute atomic E-state index is 11.6. The zero-order valence-corrected chi connectivity index (χ0v) is 9.83. The molecule has 3 heteroatoms. The lowest BCUT2D eigenvalue weighted by molar-refractivity contribution is -0.128. The van der Waals surface area contributed by atoms with Crippen molar-refractivity contribution in [2.24, 2.45) is 5.92 Å². The molecular weight excluding hydrogens is 188 g/mol. The number of nitrogens with zero attached hydrogens (tertiary/aromatic N) is 1. The number of nitrogens with one attached hydrogen (secondary N) is 1. The smallest absolute Gasteiger partial charge is 0.246 e. The topological polar surface area (TPSA) is 32.3 Å². The van der Waals surface area contributed by atoms with Crippen LogP contribution in [0.5, 0.6) is 0 Å². The van der Waals surface area contributed by atoms with Gasteiger partial charge < -0.3 is 10.2 Å². The highest BCUT2D eigenvalue weighted by Gasteiger charge is 2.20. The number of hydrogen-bond acceptors (Lipinski definition) is 2. The van der Waals surface area contributed by atoms with Crippen molar-refractivity contribution in [1.82, 2.24) is 10.2 Å². The highest BCUT2D eigenvalue weighted by atomic mass is 16.2. The molecule has 0 aromatic rings. The Bertz CT molecular complexity index is 220. The Morgan fingerprint density at radius 3 is 2.87 bits per heavy atom. The van der Waals surface area contributed by atoms with Gasteiger partial charge in [-0.2, -0.15) is 0 Å². The molecule has 0 radical (unpaired) electrons. The molecular formula is C12H22N2O. The van der Waals surface area contributed by atoms with Crippen molar-refractivity contribution in [3.8, 4) is 0 Å². The van der Waals surface area contributed by atoms with Crippen molar-refractivity contribution in [3.63, 3.8) is 0 Å². The van der Waals surface area contributed by atoms with E-state index in [1.807, 2.05) is 4.90 Å². The minimum atomic E-state index is 0.0515. The van der Waals surface area contributed by atoms with Gasteiger partial charge in [0.05, 0.1) is 0 Å². The Balaban J connectivity index is 2.49. The molecule has 86 valence electrons. The second-order valence-corrected chi connectivity index (χ2v) is 4.50. The van der Waals surface area contributed by atoms with Crippen LogP contribution in [0.15, 0.2) is 12.7 Å². The van der Waals surface area contributed by atoms with E-state index < -0.39 is 0 Å². The average molecular weight is 210 g/mol. The van der Waals surface area contributed by atoms with Crippen LogP contribution in [0.25, 0.3) is 0 Å². The second kappa shape index (κ2) is 5.91. The summed E-state index contributed by atoms with van der Waals surface area (Å²) in [5, 5.41) is 3.37. The standard InChI is InChI=1S/C12H22N2O/c1-4-12(15)14(10(2)3)9-11-6-5-7-13-8-11/h4,10-11,13H,1,5-9H2,2-3H3. The molecule has 0 saturated carbocycles. The fraction of sp³-hybridized carbons (Fsp3) is 0.750. The van der Waals surface area contributed by atoms with Gasteiger partial charge in [-0.05, 0) is 51.8 Å². The average Bonchev–Trinajstić information content (AvgIpc) is 2.26. The molecule has 1 unspecified atom stereocenters. The largest absolute Gasteiger partial charge is 0.336 e. The maximum Gasteiger partial charge on any atom is 0.246 e. The van der Waals surface area contributed by atoms with E-state index in [1.165, 1.54) is 18.9 Å². The Labute approximate surface area is 92.5 Å². The first-order valence-electron chi connectivity index (χ1n) is 5.79. The zero-order chi connectivity index (χ0) is 11.3. The molecule has 1 fully saturated rings. The summed E-state index contributed by atoms with van der Waals surface area (Å²) < 4.78 is 0. The van der Waals surface area contributed by atoms with Crippen molar-refractivity contribution in [2.45, 2.75) is 32.7 Å². The van der Waals surface area contributed by atoms with Gasteiger partial charge in [0.1, 0.15) is 0 Å². The molecule has 1 aliphatic heterocycles. The summed E-state index contributed by atoms with van der Waals surface area (Å²) in [6.45, 7) is 10.7. The van der Waals surface area contributed by atoms with Crippen LogP contribution in [-0.2, 0) is 4.79 Å². The molecule has 3 nitrogen and oxygen atoms in total. The van der Waals surface area contributed by atoms with Crippen LogP contribution in [0.1, 0.15) is 26.7 Å². The minimum absolute atomic E-state index is 0.0515. The van der Waals surface area contributed by atoms with Crippen molar-refractivity contribution >= 4 is 5.91 Å². The fourth-order valence-electron chi connectivity index (χ4n) is 2.03. The molecule has 1 rings (SSSR count). The number of carbonyl (C=O) groups excluding carboxylic acids is 1. The molecule has 0 spiro atoms.